The lowest BCUT2D eigenvalue weighted by atomic mass is 10.5. The first-order valence-electron chi connectivity index (χ1n) is 3.22. The molecular weight excluding hydrogens is 292 g/mol. The summed E-state index contributed by atoms with van der Waals surface area (Å²) in [5.41, 5.74) is 0. The van der Waals surface area contributed by atoms with Crippen molar-refractivity contribution in [3.63, 3.8) is 0 Å². The lowest BCUT2D eigenvalue weighted by Gasteiger charge is -2.08. The summed E-state index contributed by atoms with van der Waals surface area (Å²) < 4.78 is 0.818. The van der Waals surface area contributed by atoms with E-state index < -0.39 is 6.23 Å². The number of rotatable bonds is 2. The Morgan fingerprint density at radius 3 is 3.00 bits per heavy atom. The predicted octanol–water partition coefficient (Wildman–Crippen LogP) is 1.48. The van der Waals surface area contributed by atoms with Gasteiger partial charge in [-0.1, -0.05) is 0 Å². The monoisotopic (exact) mass is 299 g/mol. The molecule has 66 valence electrons. The van der Waals surface area contributed by atoms with Crippen molar-refractivity contribution in [3.05, 3.63) is 15.1 Å². The number of nitrogens with zero attached hydrogens (tertiary/aromatic N) is 2. The van der Waals surface area contributed by atoms with E-state index in [4.69, 9.17) is 16.7 Å². The Morgan fingerprint density at radius 1 is 1.75 bits per heavy atom. The first-order chi connectivity index (χ1) is 5.59. The Hall–Kier alpha value is -0.140. The van der Waals surface area contributed by atoms with Gasteiger partial charge in [0.15, 0.2) is 0 Å². The molecule has 1 unspecified atom stereocenters. The standard InChI is InChI=1S/C6H7ClIN3O/c1-3(12)10-5-4(8)2-9-6(7)11-5/h2-3,12H,1H3,(H,9,10,11). The maximum absolute atomic E-state index is 9.00. The minimum Gasteiger partial charge on any atom is -0.374 e. The second-order valence-corrected chi connectivity index (χ2v) is 3.66. The SMILES string of the molecule is CC(O)Nc1nc(Cl)ncc1I. The minimum absolute atomic E-state index is 0.165. The van der Waals surface area contributed by atoms with E-state index >= 15 is 0 Å². The van der Waals surface area contributed by atoms with Crippen molar-refractivity contribution in [3.8, 4) is 0 Å². The van der Waals surface area contributed by atoms with Crippen molar-refractivity contribution < 1.29 is 5.11 Å². The molecule has 0 amide bonds. The Balaban J connectivity index is 2.90. The topological polar surface area (TPSA) is 58.0 Å². The van der Waals surface area contributed by atoms with Crippen LogP contribution in [0, 0.1) is 3.57 Å². The van der Waals surface area contributed by atoms with Gasteiger partial charge < -0.3 is 10.4 Å². The fourth-order valence-electron chi connectivity index (χ4n) is 0.645. The van der Waals surface area contributed by atoms with E-state index in [0.717, 1.165) is 3.57 Å². The molecule has 12 heavy (non-hydrogen) atoms. The van der Waals surface area contributed by atoms with Crippen LogP contribution in [-0.2, 0) is 0 Å². The molecule has 1 atom stereocenters. The Labute approximate surface area is 88.5 Å². The van der Waals surface area contributed by atoms with E-state index in [2.05, 4.69) is 37.9 Å². The van der Waals surface area contributed by atoms with Crippen LogP contribution in [-0.4, -0.2) is 21.3 Å². The highest BCUT2D eigenvalue weighted by Crippen LogP contribution is 2.16. The summed E-state index contributed by atoms with van der Waals surface area (Å²) in [6, 6.07) is 0. The second-order valence-electron chi connectivity index (χ2n) is 2.16. The third-order valence-corrected chi connectivity index (χ3v) is 2.03. The quantitative estimate of drug-likeness (QED) is 0.493. The number of aliphatic hydroxyl groups excluding tert-OH is 1. The molecule has 1 aromatic rings. The van der Waals surface area contributed by atoms with Gasteiger partial charge in [-0.05, 0) is 41.1 Å². The lowest BCUT2D eigenvalue weighted by Crippen LogP contribution is -2.15. The van der Waals surface area contributed by atoms with Crippen LogP contribution in [0.15, 0.2) is 6.20 Å². The van der Waals surface area contributed by atoms with Crippen molar-refractivity contribution in [2.45, 2.75) is 13.2 Å². The number of halogens is 2. The van der Waals surface area contributed by atoms with Crippen LogP contribution in [0.1, 0.15) is 6.92 Å². The van der Waals surface area contributed by atoms with E-state index in [1.54, 1.807) is 13.1 Å². The fraction of sp³-hybridized carbons (Fsp3) is 0.333. The first kappa shape index (κ1) is 9.94. The highest BCUT2D eigenvalue weighted by atomic mass is 127. The lowest BCUT2D eigenvalue weighted by molar-refractivity contribution is 0.224. The van der Waals surface area contributed by atoms with Gasteiger partial charge >= 0.3 is 0 Å². The van der Waals surface area contributed by atoms with E-state index in [0.29, 0.717) is 5.82 Å². The van der Waals surface area contributed by atoms with Crippen LogP contribution in [0.5, 0.6) is 0 Å². The molecular formula is C6H7ClIN3O. The molecule has 1 rings (SSSR count). The van der Waals surface area contributed by atoms with Crippen molar-refractivity contribution in [2.75, 3.05) is 5.32 Å². The first-order valence-corrected chi connectivity index (χ1v) is 4.68. The van der Waals surface area contributed by atoms with Crippen molar-refractivity contribution in [2.24, 2.45) is 0 Å². The summed E-state index contributed by atoms with van der Waals surface area (Å²) in [5, 5.41) is 11.9. The van der Waals surface area contributed by atoms with Gasteiger partial charge in [0.2, 0.25) is 5.28 Å². The molecule has 0 saturated heterocycles. The Morgan fingerprint density at radius 2 is 2.42 bits per heavy atom. The third kappa shape index (κ3) is 2.72. The summed E-state index contributed by atoms with van der Waals surface area (Å²) in [6.07, 6.45) is 0.935. The van der Waals surface area contributed by atoms with Crippen molar-refractivity contribution in [1.29, 1.82) is 0 Å². The van der Waals surface area contributed by atoms with Gasteiger partial charge in [0.1, 0.15) is 12.0 Å². The summed E-state index contributed by atoms with van der Waals surface area (Å²) in [6.45, 7) is 1.60. The van der Waals surface area contributed by atoms with Crippen LogP contribution in [0.25, 0.3) is 0 Å². The van der Waals surface area contributed by atoms with Gasteiger partial charge in [-0.15, -0.1) is 0 Å². The van der Waals surface area contributed by atoms with Crippen LogP contribution >= 0.6 is 34.2 Å². The molecule has 0 saturated carbocycles. The molecule has 0 fully saturated rings. The van der Waals surface area contributed by atoms with E-state index in [1.165, 1.54) is 0 Å². The number of hydrogen-bond donors (Lipinski definition) is 2. The zero-order chi connectivity index (χ0) is 9.14. The van der Waals surface area contributed by atoms with Gasteiger partial charge in [-0.25, -0.2) is 4.98 Å². The van der Waals surface area contributed by atoms with Gasteiger partial charge in [-0.3, -0.25) is 0 Å². The van der Waals surface area contributed by atoms with Crippen molar-refractivity contribution >= 4 is 40.0 Å². The molecule has 0 radical (unpaired) electrons. The maximum atomic E-state index is 9.00. The van der Waals surface area contributed by atoms with Gasteiger partial charge in [0, 0.05) is 6.20 Å². The zero-order valence-electron chi connectivity index (χ0n) is 6.25. The normalized spacial score (nSPS) is 12.7. The molecule has 1 heterocycles. The molecule has 6 heteroatoms. The van der Waals surface area contributed by atoms with E-state index in [-0.39, 0.29) is 5.28 Å². The van der Waals surface area contributed by atoms with Gasteiger partial charge in [-0.2, -0.15) is 4.98 Å². The van der Waals surface area contributed by atoms with E-state index in [1.807, 2.05) is 0 Å². The predicted molar refractivity (Wildman–Crippen MR) is 55.1 cm³/mol. The smallest absolute Gasteiger partial charge is 0.224 e. The molecule has 0 bridgehead atoms. The summed E-state index contributed by atoms with van der Waals surface area (Å²) in [4.78, 5) is 7.66. The van der Waals surface area contributed by atoms with Crippen molar-refractivity contribution in [1.82, 2.24) is 9.97 Å². The summed E-state index contributed by atoms with van der Waals surface area (Å²) >= 11 is 7.61. The number of hydrogen-bond acceptors (Lipinski definition) is 4. The molecule has 0 aromatic carbocycles. The van der Waals surface area contributed by atoms with Crippen LogP contribution in [0.2, 0.25) is 5.28 Å². The average Bonchev–Trinajstić information content (AvgIpc) is 1.96. The highest BCUT2D eigenvalue weighted by molar-refractivity contribution is 14.1. The van der Waals surface area contributed by atoms with Gasteiger partial charge in [0.05, 0.1) is 3.57 Å². The highest BCUT2D eigenvalue weighted by Gasteiger charge is 2.04. The maximum Gasteiger partial charge on any atom is 0.224 e. The molecule has 0 aliphatic carbocycles. The van der Waals surface area contributed by atoms with Crippen LogP contribution < -0.4 is 5.32 Å². The minimum atomic E-state index is -0.649. The number of nitrogens with one attached hydrogen (secondary N) is 1. The van der Waals surface area contributed by atoms with E-state index in [9.17, 15) is 0 Å². The molecule has 0 aliphatic heterocycles. The molecule has 0 spiro atoms. The molecule has 1 aromatic heterocycles. The van der Waals surface area contributed by atoms with Crippen LogP contribution in [0.3, 0.4) is 0 Å². The third-order valence-electron chi connectivity index (χ3n) is 1.06. The Bertz CT molecular complexity index is 281. The molecule has 4 nitrogen and oxygen atoms in total. The van der Waals surface area contributed by atoms with Gasteiger partial charge in [0.25, 0.3) is 0 Å². The fourth-order valence-corrected chi connectivity index (χ4v) is 1.19. The largest absolute Gasteiger partial charge is 0.374 e. The summed E-state index contributed by atoms with van der Waals surface area (Å²) in [7, 11) is 0. The Kier molecular flexibility index (Phi) is 3.48. The molecule has 0 aliphatic rings. The number of aromatic nitrogens is 2. The number of aliphatic hydroxyl groups is 1. The molecule has 2 N–H and O–H groups in total. The number of anilines is 1. The zero-order valence-corrected chi connectivity index (χ0v) is 9.17. The second kappa shape index (κ2) is 4.20. The van der Waals surface area contributed by atoms with Crippen LogP contribution in [0.4, 0.5) is 5.82 Å². The summed E-state index contributed by atoms with van der Waals surface area (Å²) in [5.74, 6) is 0.547. The average molecular weight is 299 g/mol.